The van der Waals surface area contributed by atoms with Crippen LogP contribution < -0.4 is 40.2 Å². The summed E-state index contributed by atoms with van der Waals surface area (Å²) < 4.78 is 22.8. The third kappa shape index (κ3) is 12.7. The van der Waals surface area contributed by atoms with Gasteiger partial charge >= 0.3 is 0 Å². The Kier molecular flexibility index (Phi) is 20.7. The zero-order valence-electron chi connectivity index (χ0n) is 45.8. The Morgan fingerprint density at radius 2 is 0.589 bits per heavy atom. The van der Waals surface area contributed by atoms with Crippen LogP contribution in [0, 0.1) is 117 Å². The molecule has 0 amide bonds. The molecule has 0 aliphatic heterocycles. The number of ether oxygens (including phenoxy) is 4. The molecule has 0 spiro atoms. The van der Waals surface area contributed by atoms with Crippen LogP contribution in [0.25, 0.3) is 0 Å². The quantitative estimate of drug-likeness (QED) is 0.0711. The molecule has 0 bridgehead atoms. The Labute approximate surface area is 453 Å². The molecule has 10 radical (unpaired) electrons. The minimum Gasteiger partial charge on any atom is -0.496 e. The average Bonchev–Trinajstić information content (AvgIpc) is 4.00. The van der Waals surface area contributed by atoms with Crippen LogP contribution in [0.5, 0.6) is 23.0 Å². The van der Waals surface area contributed by atoms with E-state index in [1.165, 1.54) is 100 Å². The normalized spacial score (nSPS) is 15.4. The standard InChI is InChI=1S/2C32H37NO2P.Fe/c2*1-21-17-26(18-22(2)31(21)34-7)36(27-19-23(3)32(35-8)24(4)20-27)29-16-12-15-28(29)30(33(5)6)25-13-10-9-11-14-25;/h2*9-20,30H,1-8H3;/t2*30-;/m11./s1. The van der Waals surface area contributed by atoms with Gasteiger partial charge in [0.05, 0.1) is 28.4 Å². The molecule has 2 aliphatic carbocycles. The van der Waals surface area contributed by atoms with Crippen LogP contribution in [0.2, 0.25) is 0 Å². The first-order chi connectivity index (χ1) is 34.5. The van der Waals surface area contributed by atoms with Crippen molar-refractivity contribution in [2.45, 2.75) is 67.5 Å². The fraction of sp³-hybridized carbons (Fsp3) is 0.281. The minimum atomic E-state index is -0.815. The van der Waals surface area contributed by atoms with E-state index < -0.39 is 15.8 Å². The molecule has 2 aliphatic rings. The molecule has 0 aromatic heterocycles. The van der Waals surface area contributed by atoms with Gasteiger partial charge in [-0.25, -0.2) is 0 Å². The molecule has 2 fully saturated rings. The second kappa shape index (κ2) is 26.0. The summed E-state index contributed by atoms with van der Waals surface area (Å²) in [6.45, 7) is 17.2. The fourth-order valence-corrected chi connectivity index (χ4v) is 16.5. The summed E-state index contributed by atoms with van der Waals surface area (Å²) >= 11 is 0. The molecule has 8 rings (SSSR count). The van der Waals surface area contributed by atoms with Crippen molar-refractivity contribution in [3.8, 4) is 23.0 Å². The molecule has 0 unspecified atom stereocenters. The molecule has 2 saturated carbocycles. The second-order valence-electron chi connectivity index (χ2n) is 19.4. The Hall–Kier alpha value is -4.18. The number of hydrogen-bond acceptors (Lipinski definition) is 6. The summed E-state index contributed by atoms with van der Waals surface area (Å²) in [6, 6.07) is 40.5. The van der Waals surface area contributed by atoms with Crippen molar-refractivity contribution in [3.05, 3.63) is 227 Å². The predicted molar refractivity (Wildman–Crippen MR) is 307 cm³/mol. The summed E-state index contributed by atoms with van der Waals surface area (Å²) in [5.41, 5.74) is 14.7. The zero-order valence-corrected chi connectivity index (χ0v) is 48.7. The van der Waals surface area contributed by atoms with Gasteiger partial charge in [0.25, 0.3) is 0 Å². The van der Waals surface area contributed by atoms with E-state index in [1.54, 1.807) is 28.4 Å². The van der Waals surface area contributed by atoms with Crippen molar-refractivity contribution < 1.29 is 36.0 Å². The van der Waals surface area contributed by atoms with E-state index >= 15 is 0 Å². The summed E-state index contributed by atoms with van der Waals surface area (Å²) in [5, 5.41) is 5.34. The van der Waals surface area contributed by atoms with Crippen LogP contribution in [0.4, 0.5) is 0 Å². The van der Waals surface area contributed by atoms with Gasteiger partial charge in [-0.15, -0.1) is 0 Å². The molecular weight excluding hydrogens is 979 g/mol. The molecule has 0 N–H and O–H groups in total. The van der Waals surface area contributed by atoms with Crippen LogP contribution in [-0.4, -0.2) is 66.4 Å². The van der Waals surface area contributed by atoms with Crippen molar-refractivity contribution in [3.63, 3.8) is 0 Å². The molecule has 0 heterocycles. The van der Waals surface area contributed by atoms with Gasteiger partial charge in [0.15, 0.2) is 0 Å². The van der Waals surface area contributed by atoms with E-state index in [0.717, 1.165) is 23.0 Å². The Balaban J connectivity index is 0.000000235. The van der Waals surface area contributed by atoms with Crippen LogP contribution in [0.3, 0.4) is 0 Å². The van der Waals surface area contributed by atoms with E-state index in [0.29, 0.717) is 0 Å². The monoisotopic (exact) mass is 1050 g/mol. The third-order valence-electron chi connectivity index (χ3n) is 13.6. The van der Waals surface area contributed by atoms with Crippen molar-refractivity contribution in [2.75, 3.05) is 56.6 Å². The number of aryl methyl sites for hydroxylation is 8. The molecule has 6 aromatic rings. The van der Waals surface area contributed by atoms with Crippen molar-refractivity contribution in [1.29, 1.82) is 0 Å². The zero-order chi connectivity index (χ0) is 52.0. The van der Waals surface area contributed by atoms with Gasteiger partial charge in [0, 0.05) is 52.3 Å². The molecule has 73 heavy (non-hydrogen) atoms. The minimum absolute atomic E-state index is 0. The maximum atomic E-state index is 5.71. The van der Waals surface area contributed by atoms with Gasteiger partial charge < -0.3 is 28.7 Å². The van der Waals surface area contributed by atoms with Gasteiger partial charge in [0.1, 0.15) is 23.0 Å². The van der Waals surface area contributed by atoms with Crippen LogP contribution in [0.15, 0.2) is 109 Å². The fourth-order valence-electron chi connectivity index (χ4n) is 10.9. The molecule has 382 valence electrons. The molecule has 0 saturated heterocycles. The van der Waals surface area contributed by atoms with Crippen LogP contribution in [-0.2, 0) is 17.1 Å². The topological polar surface area (TPSA) is 43.4 Å². The number of nitrogens with zero attached hydrogens (tertiary/aromatic N) is 2. The van der Waals surface area contributed by atoms with E-state index in [2.05, 4.69) is 241 Å². The first-order valence-electron chi connectivity index (χ1n) is 24.7. The third-order valence-corrected chi connectivity index (χ3v) is 18.5. The van der Waals surface area contributed by atoms with Gasteiger partial charge in [-0.1, -0.05) is 60.7 Å². The predicted octanol–water partition coefficient (Wildman–Crippen LogP) is 12.8. The average molecular weight is 1050 g/mol. The molecular formula is C64H74FeN2O4P2. The van der Waals surface area contributed by atoms with Gasteiger partial charge in [-0.3, -0.25) is 0 Å². The van der Waals surface area contributed by atoms with Crippen LogP contribution in [0.1, 0.15) is 67.7 Å². The maximum Gasteiger partial charge on any atom is 0.124 e. The Bertz CT molecular complexity index is 2370. The van der Waals surface area contributed by atoms with E-state index in [9.17, 15) is 0 Å². The SMILES string of the molecule is COc1c(C)cc(P([C]2[CH][CH][CH][C]2[C@@H](c2ccccc2)N(C)C)c2cc(C)c(OC)c(C)c2)cc1C.COc1c(C)cc(P([C]2[CH][CH][CH][C]2[C@@H](c2ccccc2)N(C)C)c2cc(C)c(OC)c(C)c2)cc1C.[Fe]. The van der Waals surface area contributed by atoms with Gasteiger partial charge in [-0.05, 0) is 263 Å². The molecule has 6 aromatic carbocycles. The largest absolute Gasteiger partial charge is 0.496 e. The van der Waals surface area contributed by atoms with Crippen molar-refractivity contribution in [2.24, 2.45) is 0 Å². The van der Waals surface area contributed by atoms with E-state index in [1.807, 2.05) is 0 Å². The summed E-state index contributed by atoms with van der Waals surface area (Å²) in [5.74, 6) is 6.58. The number of methoxy groups -OCH3 is 4. The van der Waals surface area contributed by atoms with Gasteiger partial charge in [0.2, 0.25) is 0 Å². The molecule has 6 nitrogen and oxygen atoms in total. The summed E-state index contributed by atoms with van der Waals surface area (Å²) in [7, 11) is 14.1. The van der Waals surface area contributed by atoms with Crippen molar-refractivity contribution >= 4 is 37.1 Å². The first kappa shape index (κ1) is 58.1. The smallest absolute Gasteiger partial charge is 0.124 e. The molecule has 2 atom stereocenters. The second-order valence-corrected chi connectivity index (χ2v) is 23.8. The van der Waals surface area contributed by atoms with E-state index in [4.69, 9.17) is 18.9 Å². The molecule has 9 heteroatoms. The van der Waals surface area contributed by atoms with E-state index in [-0.39, 0.29) is 29.2 Å². The number of rotatable bonds is 16. The number of benzene rings is 6. The Morgan fingerprint density at radius 3 is 0.795 bits per heavy atom. The summed E-state index contributed by atoms with van der Waals surface area (Å²) in [4.78, 5) is 4.63. The first-order valence-corrected chi connectivity index (χ1v) is 27.4. The Morgan fingerprint density at radius 1 is 0.356 bits per heavy atom. The maximum absolute atomic E-state index is 5.71. The number of hydrogen-bond donors (Lipinski definition) is 0. The van der Waals surface area contributed by atoms with Crippen molar-refractivity contribution in [1.82, 2.24) is 9.80 Å². The van der Waals surface area contributed by atoms with Gasteiger partial charge in [-0.2, -0.15) is 0 Å². The van der Waals surface area contributed by atoms with Crippen LogP contribution >= 0.6 is 15.8 Å². The summed E-state index contributed by atoms with van der Waals surface area (Å²) in [6.07, 6.45) is 13.7.